The second-order valence-corrected chi connectivity index (χ2v) is 4.02. The molecule has 2 nitrogen and oxygen atoms in total. The molecule has 0 unspecified atom stereocenters. The monoisotopic (exact) mass is 266 g/mol. The number of benzene rings is 1. The second kappa shape index (κ2) is 4.06. The van der Waals surface area contributed by atoms with Crippen LogP contribution in [0.15, 0.2) is 35.2 Å². The molecule has 0 aliphatic rings. The molecule has 76 valence electrons. The molecule has 2 rings (SSSR count). The van der Waals surface area contributed by atoms with Crippen molar-refractivity contribution in [1.82, 2.24) is 9.97 Å². The zero-order chi connectivity index (χ0) is 10.8. The first-order valence-electron chi connectivity index (χ1n) is 4.41. The quantitative estimate of drug-likeness (QED) is 0.740. The topological polar surface area (TPSA) is 25.8 Å². The Balaban J connectivity index is 2.58. The SMILES string of the molecule is Cc1ccc(F)c(-c2cc(Br)ncn2)c1. The van der Waals surface area contributed by atoms with Gasteiger partial charge in [0.2, 0.25) is 0 Å². The van der Waals surface area contributed by atoms with Crippen LogP contribution in [-0.4, -0.2) is 9.97 Å². The fourth-order valence-corrected chi connectivity index (χ4v) is 1.62. The van der Waals surface area contributed by atoms with Gasteiger partial charge in [-0.1, -0.05) is 11.6 Å². The number of nitrogens with zero attached hydrogens (tertiary/aromatic N) is 2. The molecule has 1 aromatic carbocycles. The van der Waals surface area contributed by atoms with Crippen molar-refractivity contribution in [2.45, 2.75) is 6.92 Å². The minimum absolute atomic E-state index is 0.272. The Labute approximate surface area is 95.3 Å². The van der Waals surface area contributed by atoms with E-state index in [1.54, 1.807) is 18.2 Å². The van der Waals surface area contributed by atoms with Crippen LogP contribution in [0, 0.1) is 12.7 Å². The third-order valence-corrected chi connectivity index (χ3v) is 2.47. The van der Waals surface area contributed by atoms with Crippen LogP contribution in [-0.2, 0) is 0 Å². The van der Waals surface area contributed by atoms with E-state index in [-0.39, 0.29) is 5.82 Å². The molecule has 0 bridgehead atoms. The second-order valence-electron chi connectivity index (χ2n) is 3.21. The summed E-state index contributed by atoms with van der Waals surface area (Å²) in [6.07, 6.45) is 1.40. The van der Waals surface area contributed by atoms with Crippen molar-refractivity contribution in [1.29, 1.82) is 0 Å². The molecule has 0 fully saturated rings. The molecule has 0 N–H and O–H groups in total. The van der Waals surface area contributed by atoms with E-state index in [1.165, 1.54) is 12.4 Å². The first-order chi connectivity index (χ1) is 7.16. The molecule has 4 heteroatoms. The van der Waals surface area contributed by atoms with E-state index < -0.39 is 0 Å². The highest BCUT2D eigenvalue weighted by atomic mass is 79.9. The van der Waals surface area contributed by atoms with Crippen LogP contribution in [0.25, 0.3) is 11.3 Å². The minimum Gasteiger partial charge on any atom is -0.236 e. The lowest BCUT2D eigenvalue weighted by Crippen LogP contribution is -1.90. The molecule has 0 saturated carbocycles. The number of aryl methyl sites for hydroxylation is 1. The zero-order valence-corrected chi connectivity index (χ0v) is 9.62. The van der Waals surface area contributed by atoms with E-state index in [9.17, 15) is 4.39 Å². The van der Waals surface area contributed by atoms with Crippen molar-refractivity contribution in [3.8, 4) is 11.3 Å². The third kappa shape index (κ3) is 2.21. The lowest BCUT2D eigenvalue weighted by Gasteiger charge is -2.03. The number of halogens is 2. The summed E-state index contributed by atoms with van der Waals surface area (Å²) in [7, 11) is 0. The standard InChI is InChI=1S/C11H8BrFN2/c1-7-2-3-9(13)8(4-7)10-5-11(12)15-6-14-10/h2-6H,1H3. The summed E-state index contributed by atoms with van der Waals surface area (Å²) in [5, 5.41) is 0. The third-order valence-electron chi connectivity index (χ3n) is 2.03. The maximum Gasteiger partial charge on any atom is 0.132 e. The van der Waals surface area contributed by atoms with Crippen molar-refractivity contribution < 1.29 is 4.39 Å². The van der Waals surface area contributed by atoms with Gasteiger partial charge in [-0.2, -0.15) is 0 Å². The zero-order valence-electron chi connectivity index (χ0n) is 8.04. The van der Waals surface area contributed by atoms with E-state index in [4.69, 9.17) is 0 Å². The summed E-state index contributed by atoms with van der Waals surface area (Å²) in [6, 6.07) is 6.64. The van der Waals surface area contributed by atoms with E-state index in [0.29, 0.717) is 15.9 Å². The average molecular weight is 267 g/mol. The lowest BCUT2D eigenvalue weighted by molar-refractivity contribution is 0.630. The Morgan fingerprint density at radius 3 is 2.73 bits per heavy atom. The van der Waals surface area contributed by atoms with Gasteiger partial charge in [-0.05, 0) is 41.1 Å². The highest BCUT2D eigenvalue weighted by Crippen LogP contribution is 2.23. The van der Waals surface area contributed by atoms with Crippen LogP contribution < -0.4 is 0 Å². The van der Waals surface area contributed by atoms with E-state index in [2.05, 4.69) is 25.9 Å². The van der Waals surface area contributed by atoms with Crippen LogP contribution in [0.1, 0.15) is 5.56 Å². The van der Waals surface area contributed by atoms with E-state index >= 15 is 0 Å². The Hall–Kier alpha value is -1.29. The summed E-state index contributed by atoms with van der Waals surface area (Å²) < 4.78 is 14.2. The summed E-state index contributed by atoms with van der Waals surface area (Å²) in [4.78, 5) is 7.93. The number of hydrogen-bond donors (Lipinski definition) is 0. The summed E-state index contributed by atoms with van der Waals surface area (Å²) in [5.74, 6) is -0.272. The van der Waals surface area contributed by atoms with Crippen LogP contribution in [0.4, 0.5) is 4.39 Å². The number of aromatic nitrogens is 2. The fraction of sp³-hybridized carbons (Fsp3) is 0.0909. The van der Waals surface area contributed by atoms with Crippen LogP contribution in [0.5, 0.6) is 0 Å². The summed E-state index contributed by atoms with van der Waals surface area (Å²) in [6.45, 7) is 1.92. The van der Waals surface area contributed by atoms with Gasteiger partial charge in [0.1, 0.15) is 16.7 Å². The van der Waals surface area contributed by atoms with Gasteiger partial charge in [-0.25, -0.2) is 14.4 Å². The van der Waals surface area contributed by atoms with Crippen molar-refractivity contribution in [3.05, 3.63) is 46.6 Å². The van der Waals surface area contributed by atoms with Gasteiger partial charge >= 0.3 is 0 Å². The molecule has 2 aromatic rings. The predicted molar refractivity (Wildman–Crippen MR) is 59.9 cm³/mol. The molecule has 0 aliphatic heterocycles. The molecule has 0 saturated heterocycles. The number of hydrogen-bond acceptors (Lipinski definition) is 2. The molecular weight excluding hydrogens is 259 g/mol. The van der Waals surface area contributed by atoms with Gasteiger partial charge in [0.05, 0.1) is 5.69 Å². The van der Waals surface area contributed by atoms with Gasteiger partial charge in [0.15, 0.2) is 0 Å². The Morgan fingerprint density at radius 1 is 1.20 bits per heavy atom. The normalized spacial score (nSPS) is 10.3. The van der Waals surface area contributed by atoms with Gasteiger partial charge in [0, 0.05) is 5.56 Å². The molecule has 0 atom stereocenters. The Bertz CT molecular complexity index is 500. The van der Waals surface area contributed by atoms with Gasteiger partial charge < -0.3 is 0 Å². The van der Waals surface area contributed by atoms with Gasteiger partial charge in [-0.15, -0.1) is 0 Å². The molecule has 1 heterocycles. The smallest absolute Gasteiger partial charge is 0.132 e. The molecule has 15 heavy (non-hydrogen) atoms. The van der Waals surface area contributed by atoms with Crippen molar-refractivity contribution in [3.63, 3.8) is 0 Å². The van der Waals surface area contributed by atoms with Gasteiger partial charge in [0.25, 0.3) is 0 Å². The molecule has 0 amide bonds. The largest absolute Gasteiger partial charge is 0.236 e. The van der Waals surface area contributed by atoms with Crippen LogP contribution in [0.3, 0.4) is 0 Å². The number of rotatable bonds is 1. The highest BCUT2D eigenvalue weighted by Gasteiger charge is 2.06. The fourth-order valence-electron chi connectivity index (χ4n) is 1.32. The van der Waals surface area contributed by atoms with Crippen molar-refractivity contribution >= 4 is 15.9 Å². The maximum absolute atomic E-state index is 13.5. The predicted octanol–water partition coefficient (Wildman–Crippen LogP) is 3.35. The maximum atomic E-state index is 13.5. The van der Waals surface area contributed by atoms with E-state index in [1.807, 2.05) is 6.92 Å². The van der Waals surface area contributed by atoms with Gasteiger partial charge in [-0.3, -0.25) is 0 Å². The molecule has 1 aromatic heterocycles. The first-order valence-corrected chi connectivity index (χ1v) is 5.20. The lowest BCUT2D eigenvalue weighted by atomic mass is 10.1. The highest BCUT2D eigenvalue weighted by molar-refractivity contribution is 9.10. The van der Waals surface area contributed by atoms with Crippen molar-refractivity contribution in [2.24, 2.45) is 0 Å². The van der Waals surface area contributed by atoms with Crippen LogP contribution in [0.2, 0.25) is 0 Å². The minimum atomic E-state index is -0.272. The summed E-state index contributed by atoms with van der Waals surface area (Å²) in [5.41, 5.74) is 2.08. The first kappa shape index (κ1) is 10.2. The Kier molecular flexibility index (Phi) is 2.77. The van der Waals surface area contributed by atoms with E-state index in [0.717, 1.165) is 5.56 Å². The molecule has 0 aliphatic carbocycles. The summed E-state index contributed by atoms with van der Waals surface area (Å²) >= 11 is 3.23. The van der Waals surface area contributed by atoms with Crippen molar-refractivity contribution in [2.75, 3.05) is 0 Å². The molecule has 0 spiro atoms. The van der Waals surface area contributed by atoms with Crippen LogP contribution >= 0.6 is 15.9 Å². The molecular formula is C11H8BrFN2. The average Bonchev–Trinajstić information content (AvgIpc) is 2.22. The Morgan fingerprint density at radius 2 is 2.00 bits per heavy atom. The molecule has 0 radical (unpaired) electrons.